The third-order valence-corrected chi connectivity index (χ3v) is 5.26. The minimum atomic E-state index is -4.59. The lowest BCUT2D eigenvalue weighted by molar-refractivity contribution is -0.137. The summed E-state index contributed by atoms with van der Waals surface area (Å²) in [5.41, 5.74) is -2.14. The Hall–Kier alpha value is -2.62. The van der Waals surface area contributed by atoms with Crippen LogP contribution in [-0.2, 0) is 15.8 Å². The van der Waals surface area contributed by atoms with Gasteiger partial charge in [-0.25, -0.2) is 9.69 Å². The number of halogens is 3. The number of anilines is 1. The van der Waals surface area contributed by atoms with E-state index in [0.29, 0.717) is 12.8 Å². The SMILES string of the molecule is CN(CC(=O)Nc1ccccc1C(F)(F)F)CN1C(=O)NC2(CCCCC2)C1=O. The third kappa shape index (κ3) is 4.52. The van der Waals surface area contributed by atoms with Crippen LogP contribution < -0.4 is 10.6 Å². The van der Waals surface area contributed by atoms with Gasteiger partial charge in [0.15, 0.2) is 0 Å². The summed E-state index contributed by atoms with van der Waals surface area (Å²) >= 11 is 0. The largest absolute Gasteiger partial charge is 0.418 e. The van der Waals surface area contributed by atoms with Crippen LogP contribution in [0.4, 0.5) is 23.7 Å². The molecule has 2 N–H and O–H groups in total. The van der Waals surface area contributed by atoms with Gasteiger partial charge in [-0.15, -0.1) is 0 Å². The van der Waals surface area contributed by atoms with Gasteiger partial charge >= 0.3 is 12.2 Å². The Morgan fingerprint density at radius 1 is 1.21 bits per heavy atom. The molecule has 0 radical (unpaired) electrons. The second-order valence-electron chi connectivity index (χ2n) is 7.55. The van der Waals surface area contributed by atoms with Gasteiger partial charge in [0.05, 0.1) is 24.5 Å². The molecule has 1 aromatic carbocycles. The number of nitrogens with one attached hydrogen (secondary N) is 2. The van der Waals surface area contributed by atoms with E-state index in [1.165, 1.54) is 30.1 Å². The molecule has 0 aromatic heterocycles. The number of alkyl halides is 3. The normalized spacial score (nSPS) is 19.0. The van der Waals surface area contributed by atoms with Gasteiger partial charge in [-0.05, 0) is 32.0 Å². The van der Waals surface area contributed by atoms with Crippen LogP contribution in [0, 0.1) is 0 Å². The number of rotatable bonds is 5. The molecular formula is C19H23F3N4O3. The number of benzene rings is 1. The molecule has 4 amide bonds. The van der Waals surface area contributed by atoms with E-state index in [1.54, 1.807) is 0 Å². The monoisotopic (exact) mass is 412 g/mol. The lowest BCUT2D eigenvalue weighted by atomic mass is 9.82. The van der Waals surface area contributed by atoms with Crippen LogP contribution in [0.5, 0.6) is 0 Å². The molecule has 1 aliphatic heterocycles. The Kier molecular flexibility index (Phi) is 5.83. The molecule has 158 valence electrons. The van der Waals surface area contributed by atoms with Crippen molar-refractivity contribution in [3.05, 3.63) is 29.8 Å². The molecule has 1 aliphatic carbocycles. The molecule has 2 fully saturated rings. The van der Waals surface area contributed by atoms with Crippen molar-refractivity contribution in [2.75, 3.05) is 25.6 Å². The summed E-state index contributed by atoms with van der Waals surface area (Å²) in [6.07, 6.45) is -0.680. The summed E-state index contributed by atoms with van der Waals surface area (Å²) < 4.78 is 39.1. The van der Waals surface area contributed by atoms with Crippen LogP contribution in [0.1, 0.15) is 37.7 Å². The number of nitrogens with zero attached hydrogens (tertiary/aromatic N) is 2. The first-order chi connectivity index (χ1) is 13.6. The Morgan fingerprint density at radius 2 is 1.86 bits per heavy atom. The van der Waals surface area contributed by atoms with Gasteiger partial charge in [-0.2, -0.15) is 13.2 Å². The van der Waals surface area contributed by atoms with Crippen molar-refractivity contribution in [3.8, 4) is 0 Å². The first kappa shape index (κ1) is 21.1. The highest BCUT2D eigenvalue weighted by Crippen LogP contribution is 2.35. The second-order valence-corrected chi connectivity index (χ2v) is 7.55. The van der Waals surface area contributed by atoms with E-state index >= 15 is 0 Å². The molecule has 1 spiro atoms. The predicted molar refractivity (Wildman–Crippen MR) is 98.8 cm³/mol. The first-order valence-electron chi connectivity index (χ1n) is 9.41. The zero-order valence-electron chi connectivity index (χ0n) is 16.0. The number of carbonyl (C=O) groups excluding carboxylic acids is 3. The van der Waals surface area contributed by atoms with E-state index < -0.39 is 29.2 Å². The maximum Gasteiger partial charge on any atom is 0.418 e. The van der Waals surface area contributed by atoms with Crippen LogP contribution in [0.25, 0.3) is 0 Å². The molecule has 1 aromatic rings. The van der Waals surface area contributed by atoms with Crippen LogP contribution in [0.15, 0.2) is 24.3 Å². The van der Waals surface area contributed by atoms with Crippen LogP contribution in [0.2, 0.25) is 0 Å². The zero-order chi connectivity index (χ0) is 21.2. The topological polar surface area (TPSA) is 81.8 Å². The molecule has 29 heavy (non-hydrogen) atoms. The number of urea groups is 1. The quantitative estimate of drug-likeness (QED) is 0.729. The third-order valence-electron chi connectivity index (χ3n) is 5.26. The van der Waals surface area contributed by atoms with Crippen molar-refractivity contribution in [2.45, 2.75) is 43.8 Å². The van der Waals surface area contributed by atoms with Gasteiger partial charge in [0.2, 0.25) is 5.91 Å². The minimum Gasteiger partial charge on any atom is -0.324 e. The fraction of sp³-hybridized carbons (Fsp3) is 0.526. The molecule has 0 atom stereocenters. The zero-order valence-corrected chi connectivity index (χ0v) is 16.0. The fourth-order valence-corrected chi connectivity index (χ4v) is 3.86. The Morgan fingerprint density at radius 3 is 2.52 bits per heavy atom. The Balaban J connectivity index is 1.60. The average Bonchev–Trinajstić information content (AvgIpc) is 2.86. The number of hydrogen-bond acceptors (Lipinski definition) is 4. The summed E-state index contributed by atoms with van der Waals surface area (Å²) in [4.78, 5) is 39.7. The number of imide groups is 1. The van der Waals surface area contributed by atoms with Gasteiger partial charge in [0.1, 0.15) is 5.54 Å². The Labute approximate surface area is 166 Å². The smallest absolute Gasteiger partial charge is 0.324 e. The molecule has 10 heteroatoms. The number of hydrogen-bond donors (Lipinski definition) is 2. The van der Waals surface area contributed by atoms with Gasteiger partial charge in [-0.1, -0.05) is 31.4 Å². The maximum absolute atomic E-state index is 13.0. The predicted octanol–water partition coefficient (Wildman–Crippen LogP) is 2.79. The Bertz CT molecular complexity index is 806. The van der Waals surface area contributed by atoms with E-state index in [9.17, 15) is 27.6 Å². The molecule has 0 unspecified atom stereocenters. The van der Waals surface area contributed by atoms with Crippen molar-refractivity contribution in [3.63, 3.8) is 0 Å². The van der Waals surface area contributed by atoms with Crippen LogP contribution in [0.3, 0.4) is 0 Å². The van der Waals surface area contributed by atoms with Crippen molar-refractivity contribution in [1.29, 1.82) is 0 Å². The number of para-hydroxylation sites is 1. The van der Waals surface area contributed by atoms with Crippen LogP contribution in [-0.4, -0.2) is 53.4 Å². The maximum atomic E-state index is 13.0. The second kappa shape index (κ2) is 8.02. The van der Waals surface area contributed by atoms with Crippen molar-refractivity contribution >= 4 is 23.5 Å². The summed E-state index contributed by atoms with van der Waals surface area (Å²) in [5.74, 6) is -0.986. The molecular weight excluding hydrogens is 389 g/mol. The summed E-state index contributed by atoms with van der Waals surface area (Å²) in [6, 6.07) is 4.18. The van der Waals surface area contributed by atoms with Gasteiger partial charge < -0.3 is 10.6 Å². The van der Waals surface area contributed by atoms with Crippen molar-refractivity contribution < 1.29 is 27.6 Å². The highest BCUT2D eigenvalue weighted by Gasteiger charge is 2.51. The van der Waals surface area contributed by atoms with E-state index in [2.05, 4.69) is 10.6 Å². The highest BCUT2D eigenvalue weighted by atomic mass is 19.4. The number of likely N-dealkylation sites (N-methyl/N-ethyl adjacent to an activating group) is 1. The van der Waals surface area contributed by atoms with E-state index in [-0.39, 0.29) is 24.8 Å². The van der Waals surface area contributed by atoms with E-state index in [1.807, 2.05) is 0 Å². The molecule has 1 saturated carbocycles. The summed E-state index contributed by atoms with van der Waals surface area (Å²) in [5, 5.41) is 5.02. The van der Waals surface area contributed by atoms with Crippen molar-refractivity contribution in [1.82, 2.24) is 15.1 Å². The lowest BCUT2D eigenvalue weighted by Gasteiger charge is -2.30. The van der Waals surface area contributed by atoms with E-state index in [0.717, 1.165) is 30.2 Å². The standard InChI is InChI=1S/C19H23F3N4O3/c1-25(11-15(27)23-14-8-4-3-7-13(14)19(20,21)22)12-26-16(28)18(24-17(26)29)9-5-2-6-10-18/h3-4,7-8H,2,5-6,9-12H2,1H3,(H,23,27)(H,24,29). The minimum absolute atomic E-state index is 0.124. The molecule has 1 saturated heterocycles. The molecule has 1 heterocycles. The lowest BCUT2D eigenvalue weighted by Crippen LogP contribution is -2.49. The molecule has 0 bridgehead atoms. The van der Waals surface area contributed by atoms with E-state index in [4.69, 9.17) is 0 Å². The molecule has 7 nitrogen and oxygen atoms in total. The van der Waals surface area contributed by atoms with Gasteiger partial charge in [0, 0.05) is 0 Å². The van der Waals surface area contributed by atoms with Gasteiger partial charge in [-0.3, -0.25) is 14.5 Å². The van der Waals surface area contributed by atoms with Gasteiger partial charge in [0.25, 0.3) is 5.91 Å². The first-order valence-corrected chi connectivity index (χ1v) is 9.41. The number of carbonyl (C=O) groups is 3. The molecule has 3 rings (SSSR count). The summed E-state index contributed by atoms with van der Waals surface area (Å²) in [6.45, 7) is -0.406. The average molecular weight is 412 g/mol. The fourth-order valence-electron chi connectivity index (χ4n) is 3.86. The number of amides is 4. The molecule has 2 aliphatic rings. The highest BCUT2D eigenvalue weighted by molar-refractivity contribution is 6.07. The summed E-state index contributed by atoms with van der Waals surface area (Å²) in [7, 11) is 1.52. The van der Waals surface area contributed by atoms with Crippen molar-refractivity contribution in [2.24, 2.45) is 0 Å². The van der Waals surface area contributed by atoms with Crippen LogP contribution >= 0.6 is 0 Å².